The fourth-order valence-corrected chi connectivity index (χ4v) is 2.97. The molecule has 2 heterocycles. The van der Waals surface area contributed by atoms with Crippen molar-refractivity contribution in [1.29, 1.82) is 0 Å². The van der Waals surface area contributed by atoms with Crippen LogP contribution in [0, 0.1) is 0 Å². The van der Waals surface area contributed by atoms with Crippen molar-refractivity contribution in [3.05, 3.63) is 44.0 Å². The average Bonchev–Trinajstić information content (AvgIpc) is 2.88. The van der Waals surface area contributed by atoms with Crippen LogP contribution in [0.3, 0.4) is 0 Å². The zero-order valence-electron chi connectivity index (χ0n) is 11.1. The van der Waals surface area contributed by atoms with E-state index in [4.69, 9.17) is 11.6 Å². The first-order valence-corrected chi connectivity index (χ1v) is 7.23. The van der Waals surface area contributed by atoms with Crippen LogP contribution in [0.2, 0.25) is 5.02 Å². The minimum absolute atomic E-state index is 0.220. The Morgan fingerprint density at radius 2 is 2.32 bits per heavy atom. The van der Waals surface area contributed by atoms with E-state index in [9.17, 15) is 4.79 Å². The summed E-state index contributed by atoms with van der Waals surface area (Å²) in [5.41, 5.74) is 0.406. The lowest BCUT2D eigenvalue weighted by Crippen LogP contribution is -2.33. The molecule has 2 rings (SSSR count). The van der Waals surface area contributed by atoms with Crippen LogP contribution in [0.15, 0.2) is 28.5 Å². The third-order valence-corrected chi connectivity index (χ3v) is 4.43. The summed E-state index contributed by atoms with van der Waals surface area (Å²) in [6.45, 7) is 2.10. The zero-order chi connectivity index (χ0) is 14.0. The number of aromatic nitrogens is 2. The summed E-state index contributed by atoms with van der Waals surface area (Å²) < 4.78 is 1.24. The Hall–Kier alpha value is -1.33. The summed E-state index contributed by atoms with van der Waals surface area (Å²) >= 11 is 7.84. The van der Waals surface area contributed by atoms with E-state index in [2.05, 4.69) is 23.5 Å². The van der Waals surface area contributed by atoms with E-state index in [1.807, 2.05) is 18.0 Å². The Labute approximate surface area is 121 Å². The summed E-state index contributed by atoms with van der Waals surface area (Å²) in [6, 6.07) is 4.39. The van der Waals surface area contributed by atoms with E-state index in [1.54, 1.807) is 24.6 Å². The van der Waals surface area contributed by atoms with Crippen molar-refractivity contribution in [2.45, 2.75) is 19.4 Å². The molecule has 19 heavy (non-hydrogen) atoms. The standard InChI is InChI=1S/C13H16ClN3OS/c1-9(7-10-5-4-6-19-10)16(2)11-8-15-17(3)13(18)12(11)14/h4-6,8-9H,7H2,1-3H3/t9-/m1/s1. The quantitative estimate of drug-likeness (QED) is 0.870. The molecule has 0 aliphatic carbocycles. The highest BCUT2D eigenvalue weighted by atomic mass is 35.5. The lowest BCUT2D eigenvalue weighted by molar-refractivity contribution is 0.667. The number of thiophene rings is 1. The molecule has 2 aromatic rings. The predicted octanol–water partition coefficient (Wildman–Crippen LogP) is 2.56. The zero-order valence-corrected chi connectivity index (χ0v) is 12.7. The Balaban J connectivity index is 2.22. The van der Waals surface area contributed by atoms with Gasteiger partial charge in [0, 0.05) is 31.4 Å². The van der Waals surface area contributed by atoms with Gasteiger partial charge in [-0.15, -0.1) is 11.3 Å². The fraction of sp³-hybridized carbons (Fsp3) is 0.385. The van der Waals surface area contributed by atoms with Gasteiger partial charge < -0.3 is 4.90 Å². The normalized spacial score (nSPS) is 12.4. The molecule has 6 heteroatoms. The van der Waals surface area contributed by atoms with Gasteiger partial charge in [-0.05, 0) is 18.4 Å². The van der Waals surface area contributed by atoms with Gasteiger partial charge in [0.15, 0.2) is 0 Å². The number of likely N-dealkylation sites (N-methyl/N-ethyl adjacent to an activating group) is 1. The van der Waals surface area contributed by atoms with Crippen molar-refractivity contribution in [3.8, 4) is 0 Å². The molecular formula is C13H16ClN3OS. The van der Waals surface area contributed by atoms with Crippen LogP contribution in [0.1, 0.15) is 11.8 Å². The van der Waals surface area contributed by atoms with Gasteiger partial charge in [-0.3, -0.25) is 4.79 Å². The van der Waals surface area contributed by atoms with Crippen LogP contribution in [-0.4, -0.2) is 22.9 Å². The molecule has 2 aromatic heterocycles. The molecule has 0 saturated heterocycles. The summed E-state index contributed by atoms with van der Waals surface area (Å²) in [5.74, 6) is 0. The van der Waals surface area contributed by atoms with Gasteiger partial charge in [-0.25, -0.2) is 4.68 Å². The molecule has 0 saturated carbocycles. The topological polar surface area (TPSA) is 38.1 Å². The van der Waals surface area contributed by atoms with Crippen LogP contribution >= 0.6 is 22.9 Å². The molecule has 0 aromatic carbocycles. The van der Waals surface area contributed by atoms with Crippen LogP contribution in [0.4, 0.5) is 5.69 Å². The van der Waals surface area contributed by atoms with Crippen molar-refractivity contribution in [2.24, 2.45) is 7.05 Å². The third-order valence-electron chi connectivity index (χ3n) is 3.18. The smallest absolute Gasteiger partial charge is 0.287 e. The van der Waals surface area contributed by atoms with Crippen LogP contribution in [0.5, 0.6) is 0 Å². The Kier molecular flexibility index (Phi) is 4.27. The molecule has 0 aliphatic heterocycles. The highest BCUT2D eigenvalue weighted by Crippen LogP contribution is 2.23. The second-order valence-electron chi connectivity index (χ2n) is 4.52. The molecule has 1 atom stereocenters. The molecule has 0 bridgehead atoms. The molecule has 0 spiro atoms. The second kappa shape index (κ2) is 5.75. The first-order valence-electron chi connectivity index (χ1n) is 5.97. The molecule has 0 N–H and O–H groups in total. The fourth-order valence-electron chi connectivity index (χ4n) is 1.84. The summed E-state index contributed by atoms with van der Waals surface area (Å²) in [7, 11) is 3.52. The van der Waals surface area contributed by atoms with E-state index < -0.39 is 0 Å². The Morgan fingerprint density at radius 3 is 2.95 bits per heavy atom. The lowest BCUT2D eigenvalue weighted by atomic mass is 10.2. The largest absolute Gasteiger partial charge is 0.369 e. The molecule has 0 unspecified atom stereocenters. The van der Waals surface area contributed by atoms with Crippen molar-refractivity contribution in [2.75, 3.05) is 11.9 Å². The highest BCUT2D eigenvalue weighted by Gasteiger charge is 2.17. The summed E-state index contributed by atoms with van der Waals surface area (Å²) in [6.07, 6.45) is 2.55. The van der Waals surface area contributed by atoms with Crippen molar-refractivity contribution in [3.63, 3.8) is 0 Å². The van der Waals surface area contributed by atoms with Gasteiger partial charge in [-0.1, -0.05) is 17.7 Å². The van der Waals surface area contributed by atoms with Gasteiger partial charge in [0.1, 0.15) is 5.02 Å². The number of rotatable bonds is 4. The van der Waals surface area contributed by atoms with Gasteiger partial charge >= 0.3 is 0 Å². The summed E-state index contributed by atoms with van der Waals surface area (Å²) in [4.78, 5) is 15.1. The Bertz CT molecular complexity index is 609. The minimum atomic E-state index is -0.269. The summed E-state index contributed by atoms with van der Waals surface area (Å²) in [5, 5.41) is 6.31. The number of aryl methyl sites for hydroxylation is 1. The number of nitrogens with zero attached hydrogens (tertiary/aromatic N) is 3. The molecule has 102 valence electrons. The lowest BCUT2D eigenvalue weighted by Gasteiger charge is -2.27. The van der Waals surface area contributed by atoms with Gasteiger partial charge in [0.05, 0.1) is 11.9 Å². The van der Waals surface area contributed by atoms with E-state index in [0.717, 1.165) is 6.42 Å². The number of hydrogen-bond acceptors (Lipinski definition) is 4. The first kappa shape index (κ1) is 14.1. The molecule has 0 amide bonds. The second-order valence-corrected chi connectivity index (χ2v) is 5.93. The minimum Gasteiger partial charge on any atom is -0.369 e. The maximum atomic E-state index is 11.8. The first-order chi connectivity index (χ1) is 9.00. The van der Waals surface area contributed by atoms with Crippen molar-refractivity contribution in [1.82, 2.24) is 9.78 Å². The van der Waals surface area contributed by atoms with Crippen molar-refractivity contribution >= 4 is 28.6 Å². The van der Waals surface area contributed by atoms with Crippen LogP contribution in [0.25, 0.3) is 0 Å². The van der Waals surface area contributed by atoms with Gasteiger partial charge in [0.25, 0.3) is 5.56 Å². The molecule has 4 nitrogen and oxygen atoms in total. The molecule has 0 radical (unpaired) electrons. The number of anilines is 1. The number of hydrogen-bond donors (Lipinski definition) is 0. The van der Waals surface area contributed by atoms with Crippen molar-refractivity contribution < 1.29 is 0 Å². The maximum Gasteiger partial charge on any atom is 0.287 e. The Morgan fingerprint density at radius 1 is 1.58 bits per heavy atom. The average molecular weight is 298 g/mol. The van der Waals surface area contributed by atoms with E-state index in [-0.39, 0.29) is 16.6 Å². The van der Waals surface area contributed by atoms with Crippen LogP contribution in [-0.2, 0) is 13.5 Å². The van der Waals surface area contributed by atoms with Crippen LogP contribution < -0.4 is 10.5 Å². The highest BCUT2D eigenvalue weighted by molar-refractivity contribution is 7.09. The van der Waals surface area contributed by atoms with Gasteiger partial charge in [-0.2, -0.15) is 5.10 Å². The number of halogens is 1. The molecule has 0 aliphatic rings. The molecular weight excluding hydrogens is 282 g/mol. The third kappa shape index (κ3) is 2.98. The van der Waals surface area contributed by atoms with E-state index in [0.29, 0.717) is 5.69 Å². The monoisotopic (exact) mass is 297 g/mol. The predicted molar refractivity (Wildman–Crippen MR) is 80.4 cm³/mol. The SMILES string of the molecule is C[C@H](Cc1cccs1)N(C)c1cnn(C)c(=O)c1Cl. The van der Waals surface area contributed by atoms with E-state index in [1.165, 1.54) is 9.56 Å². The maximum absolute atomic E-state index is 11.8. The van der Waals surface area contributed by atoms with E-state index >= 15 is 0 Å². The van der Waals surface area contributed by atoms with Gasteiger partial charge in [0.2, 0.25) is 0 Å². The molecule has 0 fully saturated rings.